The predicted molar refractivity (Wildman–Crippen MR) is 88.4 cm³/mol. The molecule has 0 fully saturated rings. The average molecular weight is 345 g/mol. The first kappa shape index (κ1) is 16.1. The van der Waals surface area contributed by atoms with Crippen molar-refractivity contribution in [3.05, 3.63) is 40.2 Å². The first-order valence-electron chi connectivity index (χ1n) is 7.19. The third-order valence-electron chi connectivity index (χ3n) is 3.78. The molecule has 4 rings (SSSR count). The summed E-state index contributed by atoms with van der Waals surface area (Å²) in [4.78, 5) is 25.0. The van der Waals surface area contributed by atoms with E-state index in [1.807, 2.05) is 31.5 Å². The van der Waals surface area contributed by atoms with E-state index in [9.17, 15) is 4.79 Å². The van der Waals surface area contributed by atoms with Gasteiger partial charge in [0.1, 0.15) is 0 Å². The summed E-state index contributed by atoms with van der Waals surface area (Å²) in [5.41, 5.74) is 4.80. The van der Waals surface area contributed by atoms with Crippen LogP contribution in [0.5, 0.6) is 0 Å². The lowest BCUT2D eigenvalue weighted by Crippen LogP contribution is -2.23. The Morgan fingerprint density at radius 2 is 2.21 bits per heavy atom. The minimum atomic E-state index is -0.250. The number of nitrogens with one attached hydrogen (secondary N) is 1. The van der Waals surface area contributed by atoms with Crippen LogP contribution in [0.3, 0.4) is 0 Å². The van der Waals surface area contributed by atoms with Gasteiger partial charge in [0, 0.05) is 40.9 Å². The molecule has 8 nitrogen and oxygen atoms in total. The number of carboxylic acid groups (broad SMARTS) is 1. The maximum absolute atomic E-state index is 12.0. The Hall–Kier alpha value is -2.81. The van der Waals surface area contributed by atoms with Gasteiger partial charge in [-0.05, 0) is 37.0 Å². The summed E-state index contributed by atoms with van der Waals surface area (Å²) in [6.45, 7) is 3.71. The molecule has 3 aromatic rings. The normalized spacial score (nSPS) is 16.1. The molecule has 2 N–H and O–H groups in total. The lowest BCUT2D eigenvalue weighted by atomic mass is 9.89. The standard InChI is InChI=1S/C14H13N5OS.CH2O2/c1-7-3-8(2)19-14(16-7)12-10(9-5-15-21-6-9)4-11(20)17-13(12)18-19;2-1-3/h3,5-6,10H,4H2,1-2H3,(H,17,18,20);1H,(H,2,3). The van der Waals surface area contributed by atoms with Gasteiger partial charge in [0.25, 0.3) is 6.47 Å². The van der Waals surface area contributed by atoms with Crippen molar-refractivity contribution in [3.63, 3.8) is 0 Å². The molecule has 1 atom stereocenters. The van der Waals surface area contributed by atoms with Gasteiger partial charge in [-0.2, -0.15) is 0 Å². The number of fused-ring (bicyclic) bond motifs is 3. The van der Waals surface area contributed by atoms with E-state index in [-0.39, 0.29) is 18.3 Å². The van der Waals surface area contributed by atoms with Gasteiger partial charge in [-0.3, -0.25) is 9.59 Å². The summed E-state index contributed by atoms with van der Waals surface area (Å²) in [5.74, 6) is 0.568. The van der Waals surface area contributed by atoms with Crippen molar-refractivity contribution in [3.8, 4) is 0 Å². The van der Waals surface area contributed by atoms with Gasteiger partial charge < -0.3 is 10.4 Å². The number of carbonyl (C=O) groups excluding carboxylic acids is 1. The van der Waals surface area contributed by atoms with Crippen molar-refractivity contribution in [1.29, 1.82) is 0 Å². The van der Waals surface area contributed by atoms with E-state index in [0.29, 0.717) is 12.2 Å². The largest absolute Gasteiger partial charge is 0.483 e. The second kappa shape index (κ2) is 6.36. The number of hydrogen-bond acceptors (Lipinski definition) is 6. The Kier molecular flexibility index (Phi) is 4.26. The summed E-state index contributed by atoms with van der Waals surface area (Å²) in [5, 5.41) is 16.2. The zero-order valence-electron chi connectivity index (χ0n) is 13.1. The van der Waals surface area contributed by atoms with Gasteiger partial charge in [0.15, 0.2) is 11.5 Å². The van der Waals surface area contributed by atoms with Gasteiger partial charge >= 0.3 is 0 Å². The summed E-state index contributed by atoms with van der Waals surface area (Å²) in [6, 6.07) is 1.98. The van der Waals surface area contributed by atoms with Crippen LogP contribution in [0.25, 0.3) is 5.65 Å². The molecule has 0 aliphatic carbocycles. The maximum atomic E-state index is 12.0. The molecule has 0 bridgehead atoms. The van der Waals surface area contributed by atoms with Crippen molar-refractivity contribution in [2.45, 2.75) is 26.2 Å². The van der Waals surface area contributed by atoms with Gasteiger partial charge in [-0.15, -0.1) is 5.10 Å². The third-order valence-corrected chi connectivity index (χ3v) is 4.39. The highest BCUT2D eigenvalue weighted by atomic mass is 32.1. The second-order valence-electron chi connectivity index (χ2n) is 5.40. The van der Waals surface area contributed by atoms with Gasteiger partial charge in [0.2, 0.25) is 5.91 Å². The highest BCUT2D eigenvalue weighted by Gasteiger charge is 2.32. The van der Waals surface area contributed by atoms with Crippen LogP contribution in [0.1, 0.15) is 34.9 Å². The zero-order valence-corrected chi connectivity index (χ0v) is 13.9. The van der Waals surface area contributed by atoms with Gasteiger partial charge in [-0.25, -0.2) is 13.9 Å². The van der Waals surface area contributed by atoms with Crippen LogP contribution in [0.4, 0.5) is 5.82 Å². The zero-order chi connectivity index (χ0) is 17.3. The highest BCUT2D eigenvalue weighted by Crippen LogP contribution is 2.39. The molecule has 0 saturated carbocycles. The molecule has 0 spiro atoms. The lowest BCUT2D eigenvalue weighted by Gasteiger charge is -2.20. The van der Waals surface area contributed by atoms with Crippen molar-refractivity contribution in [2.24, 2.45) is 0 Å². The van der Waals surface area contributed by atoms with E-state index in [2.05, 4.69) is 19.8 Å². The molecule has 124 valence electrons. The highest BCUT2D eigenvalue weighted by molar-refractivity contribution is 7.03. The molecule has 3 aromatic heterocycles. The number of amides is 1. The van der Waals surface area contributed by atoms with Crippen LogP contribution in [0, 0.1) is 13.8 Å². The van der Waals surface area contributed by atoms with E-state index < -0.39 is 0 Å². The molecule has 1 aliphatic heterocycles. The van der Waals surface area contributed by atoms with E-state index in [4.69, 9.17) is 9.90 Å². The first-order valence-corrected chi connectivity index (χ1v) is 8.02. The minimum absolute atomic E-state index is 0.0171. The fourth-order valence-electron chi connectivity index (χ4n) is 2.89. The average Bonchev–Trinajstić information content (AvgIpc) is 3.15. The molecule has 0 saturated heterocycles. The summed E-state index contributed by atoms with van der Waals surface area (Å²) < 4.78 is 5.96. The molecular weight excluding hydrogens is 330 g/mol. The summed E-state index contributed by atoms with van der Waals surface area (Å²) in [6.07, 6.45) is 2.23. The number of carbonyl (C=O) groups is 2. The monoisotopic (exact) mass is 345 g/mol. The predicted octanol–water partition coefficient (Wildman–Crippen LogP) is 1.98. The SMILES string of the molecule is Cc1cc(C)n2nc3c(c2n1)C(c1cnsc1)CC(=O)N3.O=CO. The van der Waals surface area contributed by atoms with Crippen molar-refractivity contribution < 1.29 is 14.7 Å². The van der Waals surface area contributed by atoms with E-state index >= 15 is 0 Å². The van der Waals surface area contributed by atoms with Crippen molar-refractivity contribution in [1.82, 2.24) is 19.0 Å². The fraction of sp³-hybridized carbons (Fsp3) is 0.267. The quantitative estimate of drug-likeness (QED) is 0.653. The van der Waals surface area contributed by atoms with E-state index in [1.165, 1.54) is 11.5 Å². The Bertz CT molecular complexity index is 904. The third kappa shape index (κ3) is 2.73. The molecule has 0 aromatic carbocycles. The number of aromatic nitrogens is 4. The molecule has 1 amide bonds. The molecular formula is C15H15N5O3S. The summed E-state index contributed by atoms with van der Waals surface area (Å²) in [7, 11) is 0. The van der Waals surface area contributed by atoms with Crippen molar-refractivity contribution in [2.75, 3.05) is 5.32 Å². The van der Waals surface area contributed by atoms with Gasteiger partial charge in [0.05, 0.1) is 0 Å². The fourth-order valence-corrected chi connectivity index (χ4v) is 3.48. The number of aryl methyl sites for hydroxylation is 2. The molecule has 9 heteroatoms. The Labute approximate surface area is 141 Å². The van der Waals surface area contributed by atoms with Crippen LogP contribution >= 0.6 is 11.5 Å². The first-order chi connectivity index (χ1) is 11.5. The number of rotatable bonds is 1. The lowest BCUT2D eigenvalue weighted by molar-refractivity contribution is -0.123. The van der Waals surface area contributed by atoms with E-state index in [1.54, 1.807) is 4.52 Å². The van der Waals surface area contributed by atoms with Gasteiger partial charge in [-0.1, -0.05) is 0 Å². The van der Waals surface area contributed by atoms with Crippen LogP contribution < -0.4 is 5.32 Å². The van der Waals surface area contributed by atoms with Crippen LogP contribution in [-0.2, 0) is 9.59 Å². The topological polar surface area (TPSA) is 109 Å². The molecule has 24 heavy (non-hydrogen) atoms. The molecule has 1 unspecified atom stereocenters. The van der Waals surface area contributed by atoms with Crippen LogP contribution in [0.15, 0.2) is 17.6 Å². The maximum Gasteiger partial charge on any atom is 0.290 e. The number of anilines is 1. The van der Waals surface area contributed by atoms with E-state index in [0.717, 1.165) is 28.2 Å². The smallest absolute Gasteiger partial charge is 0.290 e. The van der Waals surface area contributed by atoms with Crippen molar-refractivity contribution >= 4 is 35.4 Å². The Balaban J connectivity index is 0.000000526. The van der Waals surface area contributed by atoms with Crippen LogP contribution in [0.2, 0.25) is 0 Å². The van der Waals surface area contributed by atoms with Crippen LogP contribution in [-0.4, -0.2) is 36.5 Å². The Morgan fingerprint density at radius 3 is 2.88 bits per heavy atom. The molecule has 4 heterocycles. The minimum Gasteiger partial charge on any atom is -0.483 e. The second-order valence-corrected chi connectivity index (χ2v) is 6.06. The number of nitrogens with zero attached hydrogens (tertiary/aromatic N) is 4. The molecule has 0 radical (unpaired) electrons. The Morgan fingerprint density at radius 1 is 1.46 bits per heavy atom. The molecule has 1 aliphatic rings. The summed E-state index contributed by atoms with van der Waals surface area (Å²) >= 11 is 1.39. The number of hydrogen-bond donors (Lipinski definition) is 2.